The maximum absolute atomic E-state index is 12.1. The van der Waals surface area contributed by atoms with Crippen LogP contribution in [0.5, 0.6) is 0 Å². The lowest BCUT2D eigenvalue weighted by Gasteiger charge is -2.16. The molecule has 1 aromatic heterocycles. The largest absolute Gasteiger partial charge is 0.327 e. The fourth-order valence-corrected chi connectivity index (χ4v) is 4.36. The summed E-state index contributed by atoms with van der Waals surface area (Å²) in [4.78, 5) is 26.6. The molecule has 3 amide bonds. The highest BCUT2D eigenvalue weighted by molar-refractivity contribution is 6.01. The molecule has 1 aliphatic heterocycles. The van der Waals surface area contributed by atoms with Gasteiger partial charge in [-0.25, -0.2) is 9.48 Å². The first-order valence-electron chi connectivity index (χ1n) is 10.9. The van der Waals surface area contributed by atoms with Crippen LogP contribution in [0, 0.1) is 5.92 Å². The monoisotopic (exact) mass is 417 g/mol. The minimum atomic E-state index is -0.240. The van der Waals surface area contributed by atoms with Crippen molar-refractivity contribution in [3.63, 3.8) is 0 Å². The molecule has 1 aliphatic carbocycles. The fourth-order valence-electron chi connectivity index (χ4n) is 4.36. The molecule has 0 atom stereocenters. The molecule has 2 fully saturated rings. The number of urea groups is 1. The first-order valence-corrected chi connectivity index (χ1v) is 10.9. The molecule has 160 valence electrons. The summed E-state index contributed by atoms with van der Waals surface area (Å²) in [6, 6.07) is 12.3. The lowest BCUT2D eigenvalue weighted by molar-refractivity contribution is -0.124. The summed E-state index contributed by atoms with van der Waals surface area (Å²) in [5.41, 5.74) is 6.60. The molecule has 1 saturated heterocycles. The molecule has 7 heteroatoms. The summed E-state index contributed by atoms with van der Waals surface area (Å²) in [5, 5.41) is 8.99. The van der Waals surface area contributed by atoms with Crippen molar-refractivity contribution in [1.82, 2.24) is 24.8 Å². The van der Waals surface area contributed by atoms with Gasteiger partial charge in [-0.3, -0.25) is 9.69 Å². The third-order valence-corrected chi connectivity index (χ3v) is 6.33. The topological polar surface area (TPSA) is 71.3 Å². The van der Waals surface area contributed by atoms with E-state index in [1.807, 2.05) is 12.1 Å². The first-order chi connectivity index (χ1) is 14.9. The molecule has 0 spiro atoms. The molecular formula is C24H27N5O2. The van der Waals surface area contributed by atoms with Gasteiger partial charge in [0.2, 0.25) is 5.91 Å². The number of imide groups is 1. The molecule has 5 rings (SSSR count). The smallest absolute Gasteiger partial charge is 0.311 e. The highest BCUT2D eigenvalue weighted by atomic mass is 16.2. The Labute approximate surface area is 181 Å². The van der Waals surface area contributed by atoms with Crippen LogP contribution in [0.2, 0.25) is 0 Å². The standard InChI is InChI=1S/C24H27N5O2/c1-15(2)22-19(10-11-20-23(22)25-26-29(20)13-17-4-5-17)18-8-6-16(7-9-18)12-28-14-21(30)27(3)24(28)31/h6-11,15,17H,4-5,12-14H2,1-3H3. The van der Waals surface area contributed by atoms with Crippen LogP contribution in [0.15, 0.2) is 36.4 Å². The van der Waals surface area contributed by atoms with E-state index in [1.54, 1.807) is 4.90 Å². The molecule has 2 aliphatic rings. The molecule has 1 saturated carbocycles. The van der Waals surface area contributed by atoms with E-state index in [2.05, 4.69) is 53.1 Å². The number of nitrogens with zero attached hydrogens (tertiary/aromatic N) is 5. The molecule has 2 aromatic carbocycles. The molecule has 0 unspecified atom stereocenters. The second-order valence-corrected chi connectivity index (χ2v) is 9.05. The van der Waals surface area contributed by atoms with Crippen molar-refractivity contribution >= 4 is 23.0 Å². The van der Waals surface area contributed by atoms with E-state index in [-0.39, 0.29) is 18.5 Å². The number of hydrogen-bond donors (Lipinski definition) is 0. The van der Waals surface area contributed by atoms with E-state index < -0.39 is 0 Å². The number of rotatable bonds is 6. The van der Waals surface area contributed by atoms with E-state index in [0.29, 0.717) is 12.5 Å². The molecule has 0 N–H and O–H groups in total. The minimum Gasteiger partial charge on any atom is -0.311 e. The fraction of sp³-hybridized carbons (Fsp3) is 0.417. The molecule has 7 nitrogen and oxygen atoms in total. The number of carbonyl (C=O) groups excluding carboxylic acids is 2. The van der Waals surface area contributed by atoms with Gasteiger partial charge in [0.05, 0.1) is 5.52 Å². The van der Waals surface area contributed by atoms with Crippen LogP contribution in [0.4, 0.5) is 4.79 Å². The highest BCUT2D eigenvalue weighted by Crippen LogP contribution is 2.36. The van der Waals surface area contributed by atoms with Crippen LogP contribution in [-0.2, 0) is 17.9 Å². The van der Waals surface area contributed by atoms with Crippen molar-refractivity contribution in [1.29, 1.82) is 0 Å². The van der Waals surface area contributed by atoms with Gasteiger partial charge in [-0.1, -0.05) is 49.4 Å². The predicted octanol–water partition coefficient (Wildman–Crippen LogP) is 4.03. The Morgan fingerprint density at radius 3 is 2.42 bits per heavy atom. The van der Waals surface area contributed by atoms with Crippen LogP contribution < -0.4 is 0 Å². The normalized spacial score (nSPS) is 16.9. The van der Waals surface area contributed by atoms with Gasteiger partial charge in [0, 0.05) is 20.1 Å². The average Bonchev–Trinajstić information content (AvgIpc) is 3.44. The lowest BCUT2D eigenvalue weighted by Crippen LogP contribution is -2.29. The summed E-state index contributed by atoms with van der Waals surface area (Å²) in [6.07, 6.45) is 2.58. The van der Waals surface area contributed by atoms with Crippen molar-refractivity contribution in [2.45, 2.75) is 45.7 Å². The molecule has 31 heavy (non-hydrogen) atoms. The molecule has 2 heterocycles. The van der Waals surface area contributed by atoms with Gasteiger partial charge in [0.25, 0.3) is 0 Å². The third kappa shape index (κ3) is 3.58. The number of fused-ring (bicyclic) bond motifs is 1. The second-order valence-electron chi connectivity index (χ2n) is 9.05. The Morgan fingerprint density at radius 2 is 1.81 bits per heavy atom. The van der Waals surface area contributed by atoms with Crippen molar-refractivity contribution in [3.05, 3.63) is 47.5 Å². The van der Waals surface area contributed by atoms with Crippen molar-refractivity contribution < 1.29 is 9.59 Å². The van der Waals surface area contributed by atoms with Crippen molar-refractivity contribution in [2.24, 2.45) is 5.92 Å². The number of carbonyl (C=O) groups is 2. The SMILES string of the molecule is CC(C)c1c(-c2ccc(CN3CC(=O)N(C)C3=O)cc2)ccc2c1nnn2CC1CC1. The van der Waals surface area contributed by atoms with Gasteiger partial charge in [-0.15, -0.1) is 5.10 Å². The first kappa shape index (κ1) is 19.7. The quantitative estimate of drug-likeness (QED) is 0.568. The van der Waals surface area contributed by atoms with Crippen molar-refractivity contribution in [2.75, 3.05) is 13.6 Å². The summed E-state index contributed by atoms with van der Waals surface area (Å²) >= 11 is 0. The van der Waals surface area contributed by atoms with Gasteiger partial charge in [0.15, 0.2) is 0 Å². The van der Waals surface area contributed by atoms with Crippen LogP contribution in [-0.4, -0.2) is 50.3 Å². The number of aromatic nitrogens is 3. The van der Waals surface area contributed by atoms with Gasteiger partial charge >= 0.3 is 6.03 Å². The number of benzene rings is 2. The number of amides is 3. The average molecular weight is 418 g/mol. The maximum Gasteiger partial charge on any atom is 0.327 e. The summed E-state index contributed by atoms with van der Waals surface area (Å²) in [7, 11) is 1.53. The van der Waals surface area contributed by atoms with Crippen LogP contribution >= 0.6 is 0 Å². The number of hydrogen-bond acceptors (Lipinski definition) is 4. The lowest BCUT2D eigenvalue weighted by atomic mass is 9.91. The number of likely N-dealkylation sites (N-methyl/N-ethyl adjacent to an activating group) is 1. The van der Waals surface area contributed by atoms with E-state index in [0.717, 1.165) is 34.6 Å². The molecule has 0 radical (unpaired) electrons. The van der Waals surface area contributed by atoms with E-state index >= 15 is 0 Å². The Hall–Kier alpha value is -3.22. The minimum absolute atomic E-state index is 0.141. The van der Waals surface area contributed by atoms with Gasteiger partial charge < -0.3 is 4.90 Å². The van der Waals surface area contributed by atoms with Crippen molar-refractivity contribution in [3.8, 4) is 11.1 Å². The molecular weight excluding hydrogens is 390 g/mol. The zero-order chi connectivity index (χ0) is 21.7. The summed E-state index contributed by atoms with van der Waals surface area (Å²) < 4.78 is 2.05. The Morgan fingerprint density at radius 1 is 1.06 bits per heavy atom. The van der Waals surface area contributed by atoms with E-state index in [1.165, 1.54) is 35.9 Å². The van der Waals surface area contributed by atoms with E-state index in [4.69, 9.17) is 0 Å². The van der Waals surface area contributed by atoms with Crippen LogP contribution in [0.3, 0.4) is 0 Å². The predicted molar refractivity (Wildman–Crippen MR) is 118 cm³/mol. The van der Waals surface area contributed by atoms with Gasteiger partial charge in [-0.2, -0.15) is 0 Å². The third-order valence-electron chi connectivity index (χ3n) is 6.33. The van der Waals surface area contributed by atoms with Crippen LogP contribution in [0.1, 0.15) is 43.7 Å². The molecule has 0 bridgehead atoms. The zero-order valence-corrected chi connectivity index (χ0v) is 18.2. The molecule has 3 aromatic rings. The van der Waals surface area contributed by atoms with Crippen LogP contribution in [0.25, 0.3) is 22.2 Å². The van der Waals surface area contributed by atoms with Gasteiger partial charge in [-0.05, 0) is 53.0 Å². The maximum atomic E-state index is 12.1. The summed E-state index contributed by atoms with van der Waals surface area (Å²) in [5.74, 6) is 0.900. The summed E-state index contributed by atoms with van der Waals surface area (Å²) in [6.45, 7) is 5.91. The Bertz CT molecular complexity index is 1160. The Kier molecular flexibility index (Phi) is 4.76. The highest BCUT2D eigenvalue weighted by Gasteiger charge is 2.32. The Balaban J connectivity index is 1.44. The van der Waals surface area contributed by atoms with Gasteiger partial charge in [0.1, 0.15) is 12.1 Å². The van der Waals surface area contributed by atoms with E-state index in [9.17, 15) is 9.59 Å². The second kappa shape index (κ2) is 7.48. The zero-order valence-electron chi connectivity index (χ0n) is 18.2.